The van der Waals surface area contributed by atoms with Gasteiger partial charge in [0, 0.05) is 63.3 Å². The van der Waals surface area contributed by atoms with Gasteiger partial charge >= 0.3 is 6.03 Å². The fourth-order valence-corrected chi connectivity index (χ4v) is 5.56. The normalized spacial score (nSPS) is 21.4. The lowest BCUT2D eigenvalue weighted by molar-refractivity contribution is -0.0445. The number of piperidine rings is 1. The first kappa shape index (κ1) is 24.6. The quantitative estimate of drug-likeness (QED) is 0.572. The number of nitrogens with one attached hydrogen (secondary N) is 1. The topological polar surface area (TPSA) is 76.4 Å². The van der Waals surface area contributed by atoms with Crippen LogP contribution < -0.4 is 10.2 Å². The third kappa shape index (κ3) is 4.80. The van der Waals surface area contributed by atoms with E-state index < -0.39 is 5.60 Å². The van der Waals surface area contributed by atoms with Gasteiger partial charge in [0.15, 0.2) is 0 Å². The lowest BCUT2D eigenvalue weighted by Gasteiger charge is -2.41. The first-order valence-corrected chi connectivity index (χ1v) is 13.2. The van der Waals surface area contributed by atoms with Crippen LogP contribution in [0.25, 0.3) is 16.6 Å². The Labute approximate surface area is 213 Å². The summed E-state index contributed by atoms with van der Waals surface area (Å²) < 4.78 is 1.93. The zero-order valence-electron chi connectivity index (χ0n) is 21.7. The Hall–Kier alpha value is -3.10. The molecular weight excluding hydrogens is 452 g/mol. The molecule has 2 fully saturated rings. The smallest absolute Gasteiger partial charge is 0.317 e. The van der Waals surface area contributed by atoms with Crippen LogP contribution in [0, 0.1) is 0 Å². The minimum absolute atomic E-state index is 0.0141. The Morgan fingerprint density at radius 2 is 1.83 bits per heavy atom. The van der Waals surface area contributed by atoms with E-state index in [1.807, 2.05) is 22.5 Å². The zero-order valence-corrected chi connectivity index (χ0v) is 21.7. The molecule has 0 radical (unpaired) electrons. The molecular formula is C28H38N6O2. The van der Waals surface area contributed by atoms with Crippen molar-refractivity contribution in [1.82, 2.24) is 24.7 Å². The van der Waals surface area contributed by atoms with Gasteiger partial charge in [0.05, 0.1) is 11.2 Å². The molecule has 2 aliphatic heterocycles. The van der Waals surface area contributed by atoms with Gasteiger partial charge in [0.2, 0.25) is 0 Å². The van der Waals surface area contributed by atoms with Crippen LogP contribution in [-0.2, 0) is 5.60 Å². The number of piperazine rings is 1. The number of nitrogens with zero attached hydrogens (tertiary/aromatic N) is 5. The average molecular weight is 491 g/mol. The van der Waals surface area contributed by atoms with Crippen LogP contribution >= 0.6 is 0 Å². The number of hydrogen-bond donors (Lipinski definition) is 2. The summed E-state index contributed by atoms with van der Waals surface area (Å²) in [5, 5.41) is 18.8. The van der Waals surface area contributed by atoms with Crippen molar-refractivity contribution in [3.63, 3.8) is 0 Å². The van der Waals surface area contributed by atoms with E-state index in [4.69, 9.17) is 0 Å². The fourth-order valence-electron chi connectivity index (χ4n) is 5.56. The van der Waals surface area contributed by atoms with Crippen LogP contribution in [0.5, 0.6) is 0 Å². The second kappa shape index (κ2) is 10.1. The number of benzene rings is 1. The van der Waals surface area contributed by atoms with Crippen LogP contribution in [0.15, 0.2) is 48.8 Å². The highest BCUT2D eigenvalue weighted by molar-refractivity contribution is 5.80. The predicted molar refractivity (Wildman–Crippen MR) is 143 cm³/mol. The molecule has 192 valence electrons. The standard InChI is InChI=1S/C28H38N6O2/c1-4-29-27(35)32-16-14-31(15-17-32)25-10-12-30-34-19-23(18-26(25)34)22-6-8-24(9-7-22)28(36)11-5-13-33(20-28)21(2)3/h6-10,12,18-19,21,36H,4-5,11,13-17,20H2,1-3H3,(H,29,35). The van der Waals surface area contributed by atoms with Crippen molar-refractivity contribution < 1.29 is 9.90 Å². The van der Waals surface area contributed by atoms with Crippen molar-refractivity contribution in [2.24, 2.45) is 0 Å². The average Bonchev–Trinajstić information content (AvgIpc) is 3.34. The summed E-state index contributed by atoms with van der Waals surface area (Å²) in [7, 11) is 0. The number of hydrogen-bond acceptors (Lipinski definition) is 5. The van der Waals surface area contributed by atoms with E-state index in [0.717, 1.165) is 60.4 Å². The minimum atomic E-state index is -0.794. The first-order valence-electron chi connectivity index (χ1n) is 13.2. The lowest BCUT2D eigenvalue weighted by atomic mass is 9.84. The maximum atomic E-state index is 12.2. The van der Waals surface area contributed by atoms with E-state index in [1.165, 1.54) is 0 Å². The summed E-state index contributed by atoms with van der Waals surface area (Å²) in [6.07, 6.45) is 5.71. The van der Waals surface area contributed by atoms with E-state index in [0.29, 0.717) is 32.2 Å². The number of anilines is 1. The minimum Gasteiger partial charge on any atom is -0.384 e. The Morgan fingerprint density at radius 3 is 2.53 bits per heavy atom. The molecule has 2 N–H and O–H groups in total. The summed E-state index contributed by atoms with van der Waals surface area (Å²) in [4.78, 5) is 18.7. The maximum absolute atomic E-state index is 12.2. The van der Waals surface area contributed by atoms with E-state index in [9.17, 15) is 9.90 Å². The fraction of sp³-hybridized carbons (Fsp3) is 0.500. The third-order valence-electron chi connectivity index (χ3n) is 7.71. The van der Waals surface area contributed by atoms with Crippen LogP contribution in [0.2, 0.25) is 0 Å². The number of carbonyl (C=O) groups is 1. The Bertz CT molecular complexity index is 1200. The molecule has 0 saturated carbocycles. The number of aliphatic hydroxyl groups is 1. The highest BCUT2D eigenvalue weighted by atomic mass is 16.3. The molecule has 4 heterocycles. The molecule has 0 bridgehead atoms. The lowest BCUT2D eigenvalue weighted by Crippen LogP contribution is -2.51. The van der Waals surface area contributed by atoms with Crippen molar-refractivity contribution in [2.45, 2.75) is 45.3 Å². The van der Waals surface area contributed by atoms with Crippen molar-refractivity contribution in [2.75, 3.05) is 50.7 Å². The SMILES string of the molecule is CCNC(=O)N1CCN(c2ccnn3cc(-c4ccc(C5(O)CCCN(C(C)C)C5)cc4)cc23)CC1. The molecule has 5 rings (SSSR count). The van der Waals surface area contributed by atoms with Crippen LogP contribution in [0.1, 0.15) is 39.2 Å². The van der Waals surface area contributed by atoms with Gasteiger partial charge in [0.25, 0.3) is 0 Å². The van der Waals surface area contributed by atoms with Gasteiger partial charge in [-0.3, -0.25) is 4.90 Å². The highest BCUT2D eigenvalue weighted by Gasteiger charge is 2.35. The maximum Gasteiger partial charge on any atom is 0.317 e. The molecule has 3 aromatic rings. The Morgan fingerprint density at radius 1 is 1.08 bits per heavy atom. The van der Waals surface area contributed by atoms with Crippen molar-refractivity contribution in [3.05, 3.63) is 54.4 Å². The number of likely N-dealkylation sites (tertiary alicyclic amines) is 1. The monoisotopic (exact) mass is 490 g/mol. The number of aromatic nitrogens is 2. The molecule has 2 amide bonds. The van der Waals surface area contributed by atoms with E-state index >= 15 is 0 Å². The highest BCUT2D eigenvalue weighted by Crippen LogP contribution is 2.34. The van der Waals surface area contributed by atoms with Gasteiger partial charge in [-0.25, -0.2) is 9.31 Å². The van der Waals surface area contributed by atoms with Crippen LogP contribution in [0.3, 0.4) is 0 Å². The van der Waals surface area contributed by atoms with E-state index in [2.05, 4.69) is 76.7 Å². The molecule has 2 saturated heterocycles. The molecule has 0 aliphatic carbocycles. The van der Waals surface area contributed by atoms with Gasteiger partial charge < -0.3 is 20.2 Å². The van der Waals surface area contributed by atoms with E-state index in [-0.39, 0.29) is 6.03 Å². The zero-order chi connectivity index (χ0) is 25.3. The first-order chi connectivity index (χ1) is 17.4. The summed E-state index contributed by atoms with van der Waals surface area (Å²) in [6.45, 7) is 11.7. The number of rotatable bonds is 5. The number of urea groups is 1. The predicted octanol–water partition coefficient (Wildman–Crippen LogP) is 3.54. The van der Waals surface area contributed by atoms with E-state index in [1.54, 1.807) is 0 Å². The van der Waals surface area contributed by atoms with Crippen molar-refractivity contribution >= 4 is 17.2 Å². The number of amides is 2. The number of fused-ring (bicyclic) bond motifs is 1. The van der Waals surface area contributed by atoms with Gasteiger partial charge in [-0.15, -0.1) is 0 Å². The summed E-state index contributed by atoms with van der Waals surface area (Å²) in [5.41, 5.74) is 4.59. The van der Waals surface area contributed by atoms with Gasteiger partial charge in [-0.1, -0.05) is 24.3 Å². The largest absolute Gasteiger partial charge is 0.384 e. The second-order valence-corrected chi connectivity index (χ2v) is 10.4. The van der Waals surface area contributed by atoms with Crippen LogP contribution in [0.4, 0.5) is 10.5 Å². The van der Waals surface area contributed by atoms with Crippen molar-refractivity contribution in [3.8, 4) is 11.1 Å². The molecule has 36 heavy (non-hydrogen) atoms. The Kier molecular flexibility index (Phi) is 6.90. The molecule has 1 aromatic carbocycles. The Balaban J connectivity index is 1.34. The second-order valence-electron chi connectivity index (χ2n) is 10.4. The summed E-state index contributed by atoms with van der Waals surface area (Å²) >= 11 is 0. The summed E-state index contributed by atoms with van der Waals surface area (Å²) in [5.74, 6) is 0. The third-order valence-corrected chi connectivity index (χ3v) is 7.71. The van der Waals surface area contributed by atoms with Crippen LogP contribution in [-0.4, -0.2) is 82.4 Å². The molecule has 2 aliphatic rings. The molecule has 1 unspecified atom stereocenters. The molecule has 8 heteroatoms. The van der Waals surface area contributed by atoms with Crippen molar-refractivity contribution in [1.29, 1.82) is 0 Å². The number of carbonyl (C=O) groups excluding carboxylic acids is 1. The molecule has 0 spiro atoms. The van der Waals surface area contributed by atoms with Gasteiger partial charge in [0.1, 0.15) is 5.60 Å². The molecule has 1 atom stereocenters. The number of β-amino-alcohol motifs (C(OH)–C–C–N with tert-alkyl or cyclic N) is 1. The van der Waals surface area contributed by atoms with Gasteiger partial charge in [-0.2, -0.15) is 5.10 Å². The molecule has 8 nitrogen and oxygen atoms in total. The molecule has 2 aromatic heterocycles. The summed E-state index contributed by atoms with van der Waals surface area (Å²) in [6, 6.07) is 13.1. The van der Waals surface area contributed by atoms with Gasteiger partial charge in [-0.05, 0) is 63.4 Å².